The Morgan fingerprint density at radius 1 is 1.00 bits per heavy atom. The Balaban J connectivity index is 2.01. The molecule has 1 aliphatic rings. The fraction of sp³-hybridized carbons (Fsp3) is 0.350. The van der Waals surface area contributed by atoms with Gasteiger partial charge in [-0.2, -0.15) is 26.3 Å². The summed E-state index contributed by atoms with van der Waals surface area (Å²) in [5.41, 5.74) is 2.12. The van der Waals surface area contributed by atoms with E-state index >= 15 is 0 Å². The first-order chi connectivity index (χ1) is 14.6. The van der Waals surface area contributed by atoms with Crippen LogP contribution in [0.15, 0.2) is 53.4 Å². The molecule has 32 heavy (non-hydrogen) atoms. The van der Waals surface area contributed by atoms with Gasteiger partial charge in [0.1, 0.15) is 28.7 Å². The molecule has 12 heteroatoms. The van der Waals surface area contributed by atoms with E-state index in [4.69, 9.17) is 5.73 Å². The van der Waals surface area contributed by atoms with Crippen molar-refractivity contribution in [1.29, 1.82) is 0 Å². The van der Waals surface area contributed by atoms with E-state index in [0.29, 0.717) is 0 Å². The van der Waals surface area contributed by atoms with Crippen LogP contribution in [-0.2, 0) is 12.4 Å². The molecule has 172 valence electrons. The molecule has 1 unspecified atom stereocenters. The fourth-order valence-corrected chi connectivity index (χ4v) is 2.74. The van der Waals surface area contributed by atoms with Crippen molar-refractivity contribution in [1.82, 2.24) is 15.3 Å². The molecule has 4 N–H and O–H groups in total. The largest absolute Gasteiger partial charge is 0.433 e. The molecule has 0 amide bonds. The Morgan fingerprint density at radius 2 is 1.69 bits per heavy atom. The van der Waals surface area contributed by atoms with E-state index in [-0.39, 0.29) is 23.2 Å². The minimum absolute atomic E-state index is 0.0782. The topological polar surface area (TPSA) is 88.2 Å². The van der Waals surface area contributed by atoms with Gasteiger partial charge in [0.25, 0.3) is 0 Å². The van der Waals surface area contributed by atoms with Crippen LogP contribution < -0.4 is 16.4 Å². The Hall–Kier alpha value is -3.15. The predicted octanol–water partition coefficient (Wildman–Crippen LogP) is 4.52. The molecule has 3 heterocycles. The van der Waals surface area contributed by atoms with Gasteiger partial charge in [0.15, 0.2) is 5.84 Å². The average molecular weight is 458 g/mol. The highest BCUT2D eigenvalue weighted by atomic mass is 19.4. The second-order valence-corrected chi connectivity index (χ2v) is 8.18. The van der Waals surface area contributed by atoms with Crippen molar-refractivity contribution in [2.24, 2.45) is 16.1 Å². The maximum absolute atomic E-state index is 13.1. The normalized spacial score (nSPS) is 19.7. The summed E-state index contributed by atoms with van der Waals surface area (Å²) in [4.78, 5) is 11.8. The van der Waals surface area contributed by atoms with Gasteiger partial charge in [0.2, 0.25) is 0 Å². The van der Waals surface area contributed by atoms with Crippen molar-refractivity contribution >= 4 is 11.7 Å². The lowest BCUT2D eigenvalue weighted by Gasteiger charge is -2.39. The van der Waals surface area contributed by atoms with Crippen molar-refractivity contribution in [3.05, 3.63) is 65.4 Å². The van der Waals surface area contributed by atoms with Crippen LogP contribution >= 0.6 is 0 Å². The molecular weight excluding hydrogens is 438 g/mol. The summed E-state index contributed by atoms with van der Waals surface area (Å²) in [6.45, 7) is 5.28. The van der Waals surface area contributed by atoms with Crippen molar-refractivity contribution in [2.75, 3.05) is 5.32 Å². The molecule has 0 bridgehead atoms. The monoisotopic (exact) mass is 458 g/mol. The van der Waals surface area contributed by atoms with Gasteiger partial charge in [-0.25, -0.2) is 15.0 Å². The Kier molecular flexibility index (Phi) is 5.71. The smallest absolute Gasteiger partial charge is 0.327 e. The molecule has 0 fully saturated rings. The van der Waals surface area contributed by atoms with Crippen LogP contribution in [-0.4, -0.2) is 21.5 Å². The lowest BCUT2D eigenvalue weighted by atomic mass is 9.80. The third-order valence-corrected chi connectivity index (χ3v) is 4.75. The second kappa shape index (κ2) is 7.76. The number of aromatic nitrogens is 2. The van der Waals surface area contributed by atoms with Crippen LogP contribution in [0.25, 0.3) is 0 Å². The van der Waals surface area contributed by atoms with Gasteiger partial charge < -0.3 is 16.4 Å². The van der Waals surface area contributed by atoms with Gasteiger partial charge >= 0.3 is 12.4 Å². The summed E-state index contributed by atoms with van der Waals surface area (Å²) < 4.78 is 78.4. The summed E-state index contributed by atoms with van der Waals surface area (Å²) in [5.74, 6) is -0.128. The number of anilines is 1. The molecule has 0 radical (unpaired) electrons. The van der Waals surface area contributed by atoms with Crippen LogP contribution in [0.5, 0.6) is 0 Å². The first kappa shape index (κ1) is 23.5. The number of nitrogens with zero attached hydrogens (tertiary/aromatic N) is 3. The Bertz CT molecular complexity index is 1070. The maximum atomic E-state index is 13.1. The first-order valence-electron chi connectivity index (χ1n) is 9.32. The summed E-state index contributed by atoms with van der Waals surface area (Å²) in [7, 11) is 0. The van der Waals surface area contributed by atoms with E-state index in [0.717, 1.165) is 24.4 Å². The number of pyridine rings is 2. The Morgan fingerprint density at radius 3 is 2.28 bits per heavy atom. The number of halogens is 6. The summed E-state index contributed by atoms with van der Waals surface area (Å²) in [6.07, 6.45) is -6.83. The lowest BCUT2D eigenvalue weighted by molar-refractivity contribution is -0.141. The van der Waals surface area contributed by atoms with E-state index in [2.05, 4.69) is 25.6 Å². The van der Waals surface area contributed by atoms with Crippen molar-refractivity contribution in [3.8, 4) is 0 Å². The molecule has 1 atom stereocenters. The number of hydrogen-bond acceptors (Lipinski definition) is 6. The summed E-state index contributed by atoms with van der Waals surface area (Å²) in [6, 6.07) is 4.91. The van der Waals surface area contributed by atoms with Crippen LogP contribution in [0, 0.1) is 5.41 Å². The average Bonchev–Trinajstić information content (AvgIpc) is 2.66. The summed E-state index contributed by atoms with van der Waals surface area (Å²) in [5, 5.41) is 5.44. The third kappa shape index (κ3) is 5.01. The standard InChI is InChI=1S/C20H20F6N6/c1-17(2,3)18(27)10-15(30-14-9-11(7-8-28-14)19(21,22)23)31-16(32-18)12-5-4-6-13(29-12)20(24,25)26/h4-10H,27H2,1-3H3,(H,28,30)(H,31,32). The molecular formula is C20H20F6N6. The number of amidine groups is 1. The van der Waals surface area contributed by atoms with Gasteiger partial charge in [-0.15, -0.1) is 0 Å². The number of nitrogens with one attached hydrogen (secondary N) is 2. The number of aliphatic imine (C=N–C) groups is 1. The molecule has 0 saturated heterocycles. The van der Waals surface area contributed by atoms with E-state index < -0.39 is 34.7 Å². The zero-order chi connectivity index (χ0) is 23.9. The minimum Gasteiger partial charge on any atom is -0.327 e. The molecule has 0 aromatic carbocycles. The first-order valence-corrected chi connectivity index (χ1v) is 9.32. The van der Waals surface area contributed by atoms with Gasteiger partial charge in [0.05, 0.1) is 5.56 Å². The number of nitrogens with two attached hydrogens (primary N) is 1. The fourth-order valence-electron chi connectivity index (χ4n) is 2.74. The Labute approximate surface area is 179 Å². The molecule has 2 aromatic rings. The minimum atomic E-state index is -4.67. The number of alkyl halides is 6. The maximum Gasteiger partial charge on any atom is 0.433 e. The molecule has 0 spiro atoms. The van der Waals surface area contributed by atoms with Gasteiger partial charge in [-0.3, -0.25) is 0 Å². The SMILES string of the molecule is CC(C)(C)C1(N)C=C(Nc2cc(C(F)(F)F)ccn2)NC(c2cccc(C(F)(F)F)n2)=N1. The lowest BCUT2D eigenvalue weighted by Crippen LogP contribution is -2.53. The molecule has 2 aromatic heterocycles. The van der Waals surface area contributed by atoms with Crippen LogP contribution in [0.3, 0.4) is 0 Å². The predicted molar refractivity (Wildman–Crippen MR) is 106 cm³/mol. The third-order valence-electron chi connectivity index (χ3n) is 4.75. The number of hydrogen-bond donors (Lipinski definition) is 3. The van der Waals surface area contributed by atoms with Gasteiger partial charge in [-0.1, -0.05) is 26.8 Å². The van der Waals surface area contributed by atoms with E-state index in [1.165, 1.54) is 18.2 Å². The highest BCUT2D eigenvalue weighted by molar-refractivity contribution is 5.99. The van der Waals surface area contributed by atoms with Crippen molar-refractivity contribution in [2.45, 2.75) is 38.8 Å². The van der Waals surface area contributed by atoms with Crippen molar-refractivity contribution in [3.63, 3.8) is 0 Å². The molecule has 0 saturated carbocycles. The van der Waals surface area contributed by atoms with E-state index in [1.54, 1.807) is 20.8 Å². The molecule has 0 aliphatic carbocycles. The molecule has 3 rings (SSSR count). The summed E-state index contributed by atoms with van der Waals surface area (Å²) >= 11 is 0. The molecule has 1 aliphatic heterocycles. The van der Waals surface area contributed by atoms with E-state index in [1.807, 2.05) is 0 Å². The quantitative estimate of drug-likeness (QED) is 0.589. The number of rotatable bonds is 3. The van der Waals surface area contributed by atoms with Gasteiger partial charge in [-0.05, 0) is 30.3 Å². The van der Waals surface area contributed by atoms with E-state index in [9.17, 15) is 26.3 Å². The zero-order valence-electron chi connectivity index (χ0n) is 17.2. The van der Waals surface area contributed by atoms with Crippen molar-refractivity contribution < 1.29 is 26.3 Å². The van der Waals surface area contributed by atoms with Crippen LogP contribution in [0.1, 0.15) is 37.7 Å². The second-order valence-electron chi connectivity index (χ2n) is 8.18. The highest BCUT2D eigenvalue weighted by Gasteiger charge is 2.40. The highest BCUT2D eigenvalue weighted by Crippen LogP contribution is 2.35. The zero-order valence-corrected chi connectivity index (χ0v) is 17.2. The van der Waals surface area contributed by atoms with Crippen LogP contribution in [0.4, 0.5) is 32.2 Å². The van der Waals surface area contributed by atoms with Gasteiger partial charge in [0, 0.05) is 11.6 Å². The van der Waals surface area contributed by atoms with Crippen LogP contribution in [0.2, 0.25) is 0 Å². The molecule has 6 nitrogen and oxygen atoms in total.